The third-order valence-corrected chi connectivity index (χ3v) is 4.52. The average molecular weight is 210 g/mol. The SMILES string of the molecule is CC(C)CC1(C)CC1CCC(C)C(C)C. The summed E-state index contributed by atoms with van der Waals surface area (Å²) in [6.07, 6.45) is 5.85. The normalized spacial score (nSPS) is 32.4. The van der Waals surface area contributed by atoms with Gasteiger partial charge in [0.15, 0.2) is 0 Å². The predicted octanol–water partition coefficient (Wildman–Crippen LogP) is 5.13. The molecule has 1 rings (SSSR count). The second kappa shape index (κ2) is 4.89. The van der Waals surface area contributed by atoms with Crippen molar-refractivity contribution < 1.29 is 0 Å². The third-order valence-electron chi connectivity index (χ3n) is 4.52. The van der Waals surface area contributed by atoms with E-state index in [2.05, 4.69) is 41.5 Å². The van der Waals surface area contributed by atoms with Gasteiger partial charge in [-0.1, -0.05) is 48.0 Å². The molecular weight excluding hydrogens is 180 g/mol. The lowest BCUT2D eigenvalue weighted by Crippen LogP contribution is -2.07. The number of rotatable bonds is 6. The molecule has 0 spiro atoms. The van der Waals surface area contributed by atoms with Crippen molar-refractivity contribution in [3.05, 3.63) is 0 Å². The largest absolute Gasteiger partial charge is 0.0628 e. The van der Waals surface area contributed by atoms with Crippen LogP contribution in [0.15, 0.2) is 0 Å². The molecule has 0 heteroatoms. The van der Waals surface area contributed by atoms with E-state index in [0.717, 1.165) is 23.7 Å². The highest BCUT2D eigenvalue weighted by molar-refractivity contribution is 4.98. The Hall–Kier alpha value is 0. The molecule has 0 aromatic rings. The lowest BCUT2D eigenvalue weighted by atomic mass is 9.88. The minimum atomic E-state index is 0.713. The van der Waals surface area contributed by atoms with Crippen LogP contribution in [0.25, 0.3) is 0 Å². The molecular formula is C15H30. The molecule has 3 atom stereocenters. The van der Waals surface area contributed by atoms with Gasteiger partial charge in [0.25, 0.3) is 0 Å². The maximum absolute atomic E-state index is 2.50. The van der Waals surface area contributed by atoms with Crippen LogP contribution in [0.4, 0.5) is 0 Å². The highest BCUT2D eigenvalue weighted by Gasteiger charge is 2.48. The van der Waals surface area contributed by atoms with Crippen molar-refractivity contribution >= 4 is 0 Å². The van der Waals surface area contributed by atoms with E-state index in [9.17, 15) is 0 Å². The van der Waals surface area contributed by atoms with Crippen LogP contribution in [0.5, 0.6) is 0 Å². The van der Waals surface area contributed by atoms with Crippen LogP contribution >= 0.6 is 0 Å². The van der Waals surface area contributed by atoms with Gasteiger partial charge >= 0.3 is 0 Å². The fourth-order valence-electron chi connectivity index (χ4n) is 2.93. The summed E-state index contributed by atoms with van der Waals surface area (Å²) in [6, 6.07) is 0. The fraction of sp³-hybridized carbons (Fsp3) is 1.00. The van der Waals surface area contributed by atoms with Crippen LogP contribution in [0, 0.1) is 29.1 Å². The lowest BCUT2D eigenvalue weighted by molar-refractivity contribution is 0.335. The van der Waals surface area contributed by atoms with Gasteiger partial charge in [0.05, 0.1) is 0 Å². The Morgan fingerprint density at radius 2 is 1.73 bits per heavy atom. The van der Waals surface area contributed by atoms with Crippen molar-refractivity contribution in [2.45, 2.75) is 67.2 Å². The quantitative estimate of drug-likeness (QED) is 0.570. The van der Waals surface area contributed by atoms with Crippen molar-refractivity contribution in [1.82, 2.24) is 0 Å². The maximum atomic E-state index is 2.50. The van der Waals surface area contributed by atoms with Gasteiger partial charge in [-0.2, -0.15) is 0 Å². The Bertz CT molecular complexity index is 192. The van der Waals surface area contributed by atoms with Gasteiger partial charge in [-0.05, 0) is 48.3 Å². The molecule has 0 aromatic heterocycles. The van der Waals surface area contributed by atoms with E-state index < -0.39 is 0 Å². The molecule has 1 aliphatic carbocycles. The van der Waals surface area contributed by atoms with Crippen LogP contribution in [0.3, 0.4) is 0 Å². The first-order valence-corrected chi connectivity index (χ1v) is 6.85. The molecule has 1 fully saturated rings. The van der Waals surface area contributed by atoms with Gasteiger partial charge in [-0.15, -0.1) is 0 Å². The molecule has 1 aliphatic rings. The molecule has 0 nitrogen and oxygen atoms in total. The highest BCUT2D eigenvalue weighted by Crippen LogP contribution is 2.58. The van der Waals surface area contributed by atoms with Crippen LogP contribution in [0.2, 0.25) is 0 Å². The summed E-state index contributed by atoms with van der Waals surface area (Å²) >= 11 is 0. The van der Waals surface area contributed by atoms with E-state index in [4.69, 9.17) is 0 Å². The van der Waals surface area contributed by atoms with Crippen molar-refractivity contribution in [3.8, 4) is 0 Å². The Labute approximate surface area is 96.8 Å². The second-order valence-electron chi connectivity index (χ2n) is 6.95. The monoisotopic (exact) mass is 210 g/mol. The Morgan fingerprint density at radius 1 is 1.13 bits per heavy atom. The zero-order chi connectivity index (χ0) is 11.6. The molecule has 0 saturated heterocycles. The highest BCUT2D eigenvalue weighted by atomic mass is 14.5. The molecule has 3 unspecified atom stereocenters. The average Bonchev–Trinajstić information content (AvgIpc) is 2.70. The van der Waals surface area contributed by atoms with Crippen LogP contribution in [0.1, 0.15) is 67.2 Å². The van der Waals surface area contributed by atoms with Gasteiger partial charge in [0.2, 0.25) is 0 Å². The summed E-state index contributed by atoms with van der Waals surface area (Å²) in [5, 5.41) is 0. The predicted molar refractivity (Wildman–Crippen MR) is 68.9 cm³/mol. The van der Waals surface area contributed by atoms with E-state index in [1.54, 1.807) is 0 Å². The van der Waals surface area contributed by atoms with Crippen LogP contribution in [-0.2, 0) is 0 Å². The molecule has 0 aliphatic heterocycles. The Morgan fingerprint density at radius 3 is 2.20 bits per heavy atom. The Balaban J connectivity index is 2.21. The summed E-state index contributed by atoms with van der Waals surface area (Å²) in [5.41, 5.74) is 0.713. The van der Waals surface area contributed by atoms with Gasteiger partial charge in [-0.25, -0.2) is 0 Å². The zero-order valence-electron chi connectivity index (χ0n) is 11.6. The van der Waals surface area contributed by atoms with Crippen LogP contribution < -0.4 is 0 Å². The molecule has 0 aromatic carbocycles. The molecule has 0 heterocycles. The molecule has 90 valence electrons. The smallest absolute Gasteiger partial charge is 0.0292 e. The minimum absolute atomic E-state index is 0.713. The van der Waals surface area contributed by atoms with Crippen LogP contribution in [-0.4, -0.2) is 0 Å². The summed E-state index contributed by atoms with van der Waals surface area (Å²) in [7, 11) is 0. The number of hydrogen-bond donors (Lipinski definition) is 0. The van der Waals surface area contributed by atoms with Gasteiger partial charge in [0.1, 0.15) is 0 Å². The Kier molecular flexibility index (Phi) is 4.26. The first kappa shape index (κ1) is 13.1. The molecule has 0 bridgehead atoms. The standard InChI is InChI=1S/C15H30/c1-11(2)9-15(6)10-14(15)8-7-13(5)12(3)4/h11-14H,7-10H2,1-6H3. The van der Waals surface area contributed by atoms with E-state index in [0.29, 0.717) is 5.41 Å². The first-order valence-electron chi connectivity index (χ1n) is 6.85. The van der Waals surface area contributed by atoms with Crippen molar-refractivity contribution in [2.24, 2.45) is 29.1 Å². The van der Waals surface area contributed by atoms with E-state index in [1.807, 2.05) is 0 Å². The number of hydrogen-bond acceptors (Lipinski definition) is 0. The zero-order valence-corrected chi connectivity index (χ0v) is 11.6. The molecule has 1 saturated carbocycles. The molecule has 0 radical (unpaired) electrons. The van der Waals surface area contributed by atoms with Gasteiger partial charge < -0.3 is 0 Å². The molecule has 0 amide bonds. The minimum Gasteiger partial charge on any atom is -0.0628 e. The third kappa shape index (κ3) is 3.81. The van der Waals surface area contributed by atoms with E-state index >= 15 is 0 Å². The maximum Gasteiger partial charge on any atom is -0.0292 e. The molecule has 15 heavy (non-hydrogen) atoms. The summed E-state index contributed by atoms with van der Waals surface area (Å²) in [6.45, 7) is 14.3. The van der Waals surface area contributed by atoms with Crippen molar-refractivity contribution in [1.29, 1.82) is 0 Å². The van der Waals surface area contributed by atoms with Gasteiger partial charge in [0, 0.05) is 0 Å². The van der Waals surface area contributed by atoms with Gasteiger partial charge in [-0.3, -0.25) is 0 Å². The summed E-state index contributed by atoms with van der Waals surface area (Å²) < 4.78 is 0. The topological polar surface area (TPSA) is 0 Å². The molecule has 0 N–H and O–H groups in total. The van der Waals surface area contributed by atoms with Crippen molar-refractivity contribution in [3.63, 3.8) is 0 Å². The summed E-state index contributed by atoms with van der Waals surface area (Å²) in [4.78, 5) is 0. The fourth-order valence-corrected chi connectivity index (χ4v) is 2.93. The lowest BCUT2D eigenvalue weighted by Gasteiger charge is -2.17. The summed E-state index contributed by atoms with van der Waals surface area (Å²) in [5.74, 6) is 3.69. The van der Waals surface area contributed by atoms with Crippen molar-refractivity contribution in [2.75, 3.05) is 0 Å². The first-order chi connectivity index (χ1) is 6.85. The van der Waals surface area contributed by atoms with E-state index in [1.165, 1.54) is 25.7 Å². The van der Waals surface area contributed by atoms with E-state index in [-0.39, 0.29) is 0 Å². The second-order valence-corrected chi connectivity index (χ2v) is 6.95.